The molecule has 3 heterocycles. The fraction of sp³-hybridized carbons (Fsp3) is 0.632. The maximum atomic E-state index is 12.8. The standard InChI is InChI=1S/C19H26N4O3S/c1-11-15(22-7-8-27-17(22)21-11)16(24)20-10-14-12-5-6-13(9-12)23(14)18(25)26-19(2,3)4/h7-8,12-14H,5-6,9-10H2,1-4H3,(H,20,24). The molecular formula is C19H26N4O3S. The third kappa shape index (κ3) is 3.31. The minimum absolute atomic E-state index is 0.00579. The third-order valence-corrected chi connectivity index (χ3v) is 6.22. The van der Waals surface area contributed by atoms with E-state index in [1.54, 1.807) is 0 Å². The van der Waals surface area contributed by atoms with Crippen LogP contribution >= 0.6 is 11.3 Å². The number of ether oxygens (including phenoxy) is 1. The Bertz CT molecular complexity index is 881. The van der Waals surface area contributed by atoms with Crippen LogP contribution in [0.15, 0.2) is 11.6 Å². The van der Waals surface area contributed by atoms with Gasteiger partial charge < -0.3 is 15.0 Å². The fourth-order valence-electron chi connectivity index (χ4n) is 4.40. The summed E-state index contributed by atoms with van der Waals surface area (Å²) in [6.07, 6.45) is 4.71. The Morgan fingerprint density at radius 3 is 2.89 bits per heavy atom. The van der Waals surface area contributed by atoms with E-state index in [0.29, 0.717) is 18.2 Å². The van der Waals surface area contributed by atoms with Gasteiger partial charge in [0.05, 0.1) is 11.7 Å². The van der Waals surface area contributed by atoms with Gasteiger partial charge in [-0.05, 0) is 52.9 Å². The topological polar surface area (TPSA) is 75.9 Å². The Labute approximate surface area is 162 Å². The predicted octanol–water partition coefficient (Wildman–Crippen LogP) is 3.22. The molecule has 3 unspecified atom stereocenters. The number of hydrogen-bond donors (Lipinski definition) is 1. The van der Waals surface area contributed by atoms with E-state index >= 15 is 0 Å². The van der Waals surface area contributed by atoms with Crippen molar-refractivity contribution in [2.75, 3.05) is 6.54 Å². The molecule has 2 aromatic rings. The van der Waals surface area contributed by atoms with Crippen molar-refractivity contribution in [1.29, 1.82) is 0 Å². The van der Waals surface area contributed by atoms with Gasteiger partial charge in [-0.25, -0.2) is 9.78 Å². The fourth-order valence-corrected chi connectivity index (χ4v) is 5.16. The zero-order valence-corrected chi connectivity index (χ0v) is 17.0. The number of aryl methyl sites for hydroxylation is 1. The zero-order valence-electron chi connectivity index (χ0n) is 16.2. The third-order valence-electron chi connectivity index (χ3n) is 5.47. The van der Waals surface area contributed by atoms with Gasteiger partial charge in [0, 0.05) is 24.2 Å². The van der Waals surface area contributed by atoms with Crippen molar-refractivity contribution in [2.24, 2.45) is 5.92 Å². The molecular weight excluding hydrogens is 364 g/mol. The van der Waals surface area contributed by atoms with Gasteiger partial charge in [0.15, 0.2) is 4.96 Å². The second kappa shape index (κ2) is 6.51. The van der Waals surface area contributed by atoms with Crippen molar-refractivity contribution in [2.45, 2.75) is 64.6 Å². The zero-order chi connectivity index (χ0) is 19.3. The summed E-state index contributed by atoms with van der Waals surface area (Å²) in [6, 6.07) is 0.223. The minimum atomic E-state index is -0.522. The summed E-state index contributed by atoms with van der Waals surface area (Å²) < 4.78 is 7.43. The lowest BCUT2D eigenvalue weighted by Crippen LogP contribution is -2.51. The minimum Gasteiger partial charge on any atom is -0.444 e. The lowest BCUT2D eigenvalue weighted by Gasteiger charge is -2.36. The maximum Gasteiger partial charge on any atom is 0.410 e. The molecule has 1 aliphatic heterocycles. The molecule has 2 aliphatic rings. The molecule has 1 saturated heterocycles. The number of aromatic nitrogens is 2. The van der Waals surface area contributed by atoms with Gasteiger partial charge in [0.1, 0.15) is 11.3 Å². The van der Waals surface area contributed by atoms with E-state index in [9.17, 15) is 9.59 Å². The van der Waals surface area contributed by atoms with E-state index in [1.165, 1.54) is 11.3 Å². The molecule has 7 nitrogen and oxygen atoms in total. The van der Waals surface area contributed by atoms with Gasteiger partial charge in [-0.2, -0.15) is 0 Å². The first-order valence-electron chi connectivity index (χ1n) is 9.46. The Kier molecular flexibility index (Phi) is 4.41. The first-order chi connectivity index (χ1) is 12.7. The average Bonchev–Trinajstić information content (AvgIpc) is 3.30. The van der Waals surface area contributed by atoms with Gasteiger partial charge in [0.2, 0.25) is 0 Å². The van der Waals surface area contributed by atoms with Crippen molar-refractivity contribution in [3.05, 3.63) is 23.0 Å². The first kappa shape index (κ1) is 18.3. The monoisotopic (exact) mass is 390 g/mol. The van der Waals surface area contributed by atoms with Crippen LogP contribution < -0.4 is 5.32 Å². The quantitative estimate of drug-likeness (QED) is 0.873. The molecule has 0 radical (unpaired) electrons. The van der Waals surface area contributed by atoms with E-state index in [4.69, 9.17) is 4.74 Å². The summed E-state index contributed by atoms with van der Waals surface area (Å²) >= 11 is 1.50. The van der Waals surface area contributed by atoms with Crippen molar-refractivity contribution in [3.8, 4) is 0 Å². The highest BCUT2D eigenvalue weighted by atomic mass is 32.1. The van der Waals surface area contributed by atoms with Crippen LogP contribution in [0.2, 0.25) is 0 Å². The molecule has 0 aromatic carbocycles. The first-order valence-corrected chi connectivity index (χ1v) is 10.3. The molecule has 2 bridgehead atoms. The Hall–Kier alpha value is -2.09. The smallest absolute Gasteiger partial charge is 0.410 e. The summed E-state index contributed by atoms with van der Waals surface area (Å²) in [5, 5.41) is 4.95. The number of fused-ring (bicyclic) bond motifs is 3. The van der Waals surface area contributed by atoms with Crippen molar-refractivity contribution in [3.63, 3.8) is 0 Å². The summed E-state index contributed by atoms with van der Waals surface area (Å²) in [5.74, 6) is 0.279. The molecule has 1 N–H and O–H groups in total. The number of imidazole rings is 1. The second-order valence-electron chi connectivity index (χ2n) is 8.49. The average molecular weight is 391 g/mol. The molecule has 2 amide bonds. The molecule has 146 valence electrons. The number of rotatable bonds is 3. The second-order valence-corrected chi connectivity index (χ2v) is 9.37. The number of carbonyl (C=O) groups excluding carboxylic acids is 2. The highest BCUT2D eigenvalue weighted by Gasteiger charge is 2.49. The number of nitrogens with one attached hydrogen (secondary N) is 1. The molecule has 1 saturated carbocycles. The lowest BCUT2D eigenvalue weighted by atomic mass is 9.99. The van der Waals surface area contributed by atoms with Gasteiger partial charge >= 0.3 is 6.09 Å². The van der Waals surface area contributed by atoms with Gasteiger partial charge in [-0.1, -0.05) is 0 Å². The normalized spacial score (nSPS) is 24.6. The Morgan fingerprint density at radius 2 is 2.15 bits per heavy atom. The number of likely N-dealkylation sites (tertiary alicyclic amines) is 1. The Morgan fingerprint density at radius 1 is 1.37 bits per heavy atom. The highest BCUT2D eigenvalue weighted by molar-refractivity contribution is 7.15. The number of nitrogens with zero attached hydrogens (tertiary/aromatic N) is 3. The van der Waals surface area contributed by atoms with E-state index in [0.717, 1.165) is 29.9 Å². The van der Waals surface area contributed by atoms with E-state index in [-0.39, 0.29) is 24.1 Å². The summed E-state index contributed by atoms with van der Waals surface area (Å²) in [5.41, 5.74) is 0.765. The number of carbonyl (C=O) groups is 2. The van der Waals surface area contributed by atoms with E-state index in [1.807, 2.05) is 48.6 Å². The van der Waals surface area contributed by atoms with Gasteiger partial charge in [0.25, 0.3) is 5.91 Å². The van der Waals surface area contributed by atoms with E-state index in [2.05, 4.69) is 10.3 Å². The van der Waals surface area contributed by atoms with Crippen LogP contribution in [0.1, 0.15) is 56.2 Å². The summed E-state index contributed by atoms with van der Waals surface area (Å²) in [7, 11) is 0. The molecule has 3 atom stereocenters. The number of piperidine rings is 1. The van der Waals surface area contributed by atoms with E-state index < -0.39 is 5.60 Å². The van der Waals surface area contributed by atoms with Crippen molar-refractivity contribution < 1.29 is 14.3 Å². The van der Waals surface area contributed by atoms with Crippen LogP contribution in [0.5, 0.6) is 0 Å². The highest BCUT2D eigenvalue weighted by Crippen LogP contribution is 2.42. The van der Waals surface area contributed by atoms with Crippen molar-refractivity contribution in [1.82, 2.24) is 19.6 Å². The SMILES string of the molecule is Cc1nc2sccn2c1C(=O)NCC1C2CCC(C2)N1C(=O)OC(C)(C)C. The summed E-state index contributed by atoms with van der Waals surface area (Å²) in [6.45, 7) is 7.93. The van der Waals surface area contributed by atoms with Crippen LogP contribution in [-0.4, -0.2) is 50.5 Å². The molecule has 27 heavy (non-hydrogen) atoms. The van der Waals surface area contributed by atoms with Crippen LogP contribution in [0, 0.1) is 12.8 Å². The molecule has 0 spiro atoms. The lowest BCUT2D eigenvalue weighted by molar-refractivity contribution is 0.00754. The van der Waals surface area contributed by atoms with Crippen LogP contribution in [-0.2, 0) is 4.74 Å². The summed E-state index contributed by atoms with van der Waals surface area (Å²) in [4.78, 5) is 32.6. The molecule has 2 fully saturated rings. The van der Waals surface area contributed by atoms with Crippen molar-refractivity contribution >= 4 is 28.3 Å². The largest absolute Gasteiger partial charge is 0.444 e. The van der Waals surface area contributed by atoms with Gasteiger partial charge in [-0.3, -0.25) is 9.20 Å². The van der Waals surface area contributed by atoms with Crippen LogP contribution in [0.4, 0.5) is 4.79 Å². The van der Waals surface area contributed by atoms with Crippen LogP contribution in [0.3, 0.4) is 0 Å². The molecule has 8 heteroatoms. The molecule has 2 aromatic heterocycles. The van der Waals surface area contributed by atoms with Gasteiger partial charge in [-0.15, -0.1) is 11.3 Å². The predicted molar refractivity (Wildman–Crippen MR) is 103 cm³/mol. The molecule has 1 aliphatic carbocycles. The number of amides is 2. The Balaban J connectivity index is 1.48. The maximum absolute atomic E-state index is 12.8. The molecule has 4 rings (SSSR count). The number of hydrogen-bond acceptors (Lipinski definition) is 5. The van der Waals surface area contributed by atoms with Crippen LogP contribution in [0.25, 0.3) is 4.96 Å². The number of thiazole rings is 1.